The molecule has 0 bridgehead atoms. The second kappa shape index (κ2) is 8.90. The molecule has 2 amide bonds. The van der Waals surface area contributed by atoms with Crippen LogP contribution < -0.4 is 5.32 Å². The molecule has 2 fully saturated rings. The molecule has 2 heterocycles. The number of hydrogen-bond acceptors (Lipinski definition) is 3. The van der Waals surface area contributed by atoms with E-state index in [1.807, 2.05) is 0 Å². The molecule has 2 rings (SSSR count). The maximum absolute atomic E-state index is 11.9. The molecule has 2 saturated heterocycles. The van der Waals surface area contributed by atoms with Crippen LogP contribution in [0.5, 0.6) is 0 Å². The summed E-state index contributed by atoms with van der Waals surface area (Å²) >= 11 is 0. The van der Waals surface area contributed by atoms with E-state index in [2.05, 4.69) is 12.2 Å². The lowest BCUT2D eigenvalue weighted by Crippen LogP contribution is -2.37. The molecule has 134 valence electrons. The zero-order chi connectivity index (χ0) is 16.7. The summed E-state index contributed by atoms with van der Waals surface area (Å²) in [4.78, 5) is 13.7. The first-order valence-corrected chi connectivity index (χ1v) is 11.1. The van der Waals surface area contributed by atoms with Gasteiger partial charge in [0.2, 0.25) is 0 Å². The number of hydrogen-bond donors (Lipinski definition) is 1. The molecule has 5 nitrogen and oxygen atoms in total. The first kappa shape index (κ1) is 18.6. The van der Waals surface area contributed by atoms with Crippen molar-refractivity contribution in [3.05, 3.63) is 0 Å². The van der Waals surface area contributed by atoms with Crippen LogP contribution in [0.25, 0.3) is 0 Å². The molecule has 2 atom stereocenters. The van der Waals surface area contributed by atoms with E-state index in [1.54, 1.807) is 4.90 Å². The molecule has 23 heavy (non-hydrogen) atoms. The van der Waals surface area contributed by atoms with Crippen molar-refractivity contribution in [2.24, 2.45) is 0 Å². The molecular weight excluding hydrogens is 312 g/mol. The maximum atomic E-state index is 11.9. The summed E-state index contributed by atoms with van der Waals surface area (Å²) in [5, 5.41) is 2.81. The molecule has 6 heteroatoms. The van der Waals surface area contributed by atoms with Crippen LogP contribution in [-0.4, -0.2) is 49.5 Å². The Bertz CT molecular complexity index is 478. The SMILES string of the molecule is CCCCCCCCCCCCN1C(=O)N[C@H]2CS(=O)(=O)C[C@@H]21. The maximum Gasteiger partial charge on any atom is 0.318 e. The van der Waals surface area contributed by atoms with Crippen molar-refractivity contribution in [3.63, 3.8) is 0 Å². The Morgan fingerprint density at radius 3 is 2.13 bits per heavy atom. The highest BCUT2D eigenvalue weighted by Gasteiger charge is 2.48. The average Bonchev–Trinajstić information content (AvgIpc) is 2.92. The van der Waals surface area contributed by atoms with E-state index in [4.69, 9.17) is 0 Å². The van der Waals surface area contributed by atoms with Crippen LogP contribution in [0.1, 0.15) is 71.1 Å². The molecule has 0 saturated carbocycles. The Hall–Kier alpha value is -0.780. The molecule has 0 aromatic heterocycles. The highest BCUT2D eigenvalue weighted by atomic mass is 32.2. The Balaban J connectivity index is 1.53. The lowest BCUT2D eigenvalue weighted by atomic mass is 10.1. The van der Waals surface area contributed by atoms with E-state index < -0.39 is 9.84 Å². The quantitative estimate of drug-likeness (QED) is 0.463. The number of rotatable bonds is 11. The Morgan fingerprint density at radius 1 is 0.957 bits per heavy atom. The monoisotopic (exact) mass is 344 g/mol. The number of urea groups is 1. The lowest BCUT2D eigenvalue weighted by molar-refractivity contribution is 0.205. The van der Waals surface area contributed by atoms with E-state index in [0.29, 0.717) is 6.54 Å². The van der Waals surface area contributed by atoms with E-state index in [9.17, 15) is 13.2 Å². The molecular formula is C17H32N2O3S. The number of nitrogens with one attached hydrogen (secondary N) is 1. The van der Waals surface area contributed by atoms with Crippen LogP contribution in [-0.2, 0) is 9.84 Å². The number of carbonyl (C=O) groups is 1. The van der Waals surface area contributed by atoms with Crippen LogP contribution in [0.3, 0.4) is 0 Å². The highest BCUT2D eigenvalue weighted by Crippen LogP contribution is 2.24. The van der Waals surface area contributed by atoms with Crippen LogP contribution in [0.2, 0.25) is 0 Å². The summed E-state index contributed by atoms with van der Waals surface area (Å²) in [5.41, 5.74) is 0. The fourth-order valence-electron chi connectivity index (χ4n) is 3.70. The largest absolute Gasteiger partial charge is 0.332 e. The summed E-state index contributed by atoms with van der Waals surface area (Å²) in [6.07, 6.45) is 12.6. The van der Waals surface area contributed by atoms with Gasteiger partial charge in [-0.15, -0.1) is 0 Å². The minimum Gasteiger partial charge on any atom is -0.332 e. The van der Waals surface area contributed by atoms with Gasteiger partial charge in [-0.1, -0.05) is 64.7 Å². The van der Waals surface area contributed by atoms with E-state index in [0.717, 1.165) is 12.8 Å². The number of fused-ring (bicyclic) bond motifs is 1. The van der Waals surface area contributed by atoms with Gasteiger partial charge in [-0.05, 0) is 6.42 Å². The van der Waals surface area contributed by atoms with Crippen molar-refractivity contribution >= 4 is 15.9 Å². The Morgan fingerprint density at radius 2 is 1.52 bits per heavy atom. The van der Waals surface area contributed by atoms with E-state index >= 15 is 0 Å². The predicted molar refractivity (Wildman–Crippen MR) is 93.3 cm³/mol. The molecule has 2 aliphatic rings. The predicted octanol–water partition coefficient (Wildman–Crippen LogP) is 3.10. The van der Waals surface area contributed by atoms with Gasteiger partial charge >= 0.3 is 6.03 Å². The first-order chi connectivity index (χ1) is 11.0. The van der Waals surface area contributed by atoms with Crippen LogP contribution in [0, 0.1) is 0 Å². The summed E-state index contributed by atoms with van der Waals surface area (Å²) in [5.74, 6) is 0.242. The smallest absolute Gasteiger partial charge is 0.318 e. The minimum atomic E-state index is -2.97. The number of unbranched alkanes of at least 4 members (excludes halogenated alkanes) is 9. The van der Waals surface area contributed by atoms with Crippen LogP contribution in [0.15, 0.2) is 0 Å². The van der Waals surface area contributed by atoms with Crippen LogP contribution in [0.4, 0.5) is 4.79 Å². The number of nitrogens with zero attached hydrogens (tertiary/aromatic N) is 1. The molecule has 0 unspecified atom stereocenters. The molecule has 2 aliphatic heterocycles. The Kier molecular flexibility index (Phi) is 7.18. The third-order valence-electron chi connectivity index (χ3n) is 5.05. The van der Waals surface area contributed by atoms with Gasteiger partial charge in [-0.25, -0.2) is 13.2 Å². The molecule has 0 aromatic rings. The molecule has 0 aromatic carbocycles. The minimum absolute atomic E-state index is 0.0779. The summed E-state index contributed by atoms with van der Waals surface area (Å²) < 4.78 is 23.3. The van der Waals surface area contributed by atoms with Gasteiger partial charge in [0, 0.05) is 6.54 Å². The Labute approximate surface area is 141 Å². The van der Waals surface area contributed by atoms with Gasteiger partial charge < -0.3 is 10.2 Å². The number of sulfone groups is 1. The van der Waals surface area contributed by atoms with Gasteiger partial charge in [0.1, 0.15) is 0 Å². The normalized spacial score (nSPS) is 25.6. The van der Waals surface area contributed by atoms with Gasteiger partial charge in [-0.2, -0.15) is 0 Å². The van der Waals surface area contributed by atoms with Crippen molar-refractivity contribution < 1.29 is 13.2 Å². The molecule has 0 aliphatic carbocycles. The van der Waals surface area contributed by atoms with Crippen molar-refractivity contribution in [1.82, 2.24) is 10.2 Å². The molecule has 1 N–H and O–H groups in total. The lowest BCUT2D eigenvalue weighted by Gasteiger charge is -2.21. The zero-order valence-corrected chi connectivity index (χ0v) is 15.2. The van der Waals surface area contributed by atoms with Gasteiger partial charge in [-0.3, -0.25) is 0 Å². The topological polar surface area (TPSA) is 66.5 Å². The van der Waals surface area contributed by atoms with Gasteiger partial charge in [0.05, 0.1) is 23.6 Å². The van der Waals surface area contributed by atoms with Crippen LogP contribution >= 0.6 is 0 Å². The summed E-state index contributed by atoms with van der Waals surface area (Å²) in [7, 11) is -2.97. The van der Waals surface area contributed by atoms with Crippen molar-refractivity contribution in [2.75, 3.05) is 18.1 Å². The fourth-order valence-corrected chi connectivity index (χ4v) is 5.62. The van der Waals surface area contributed by atoms with Gasteiger partial charge in [0.25, 0.3) is 0 Å². The molecule has 0 radical (unpaired) electrons. The molecule has 0 spiro atoms. The number of amides is 2. The summed E-state index contributed by atoms with van der Waals surface area (Å²) in [6, 6.07) is -0.396. The van der Waals surface area contributed by atoms with Crippen molar-refractivity contribution in [3.8, 4) is 0 Å². The highest BCUT2D eigenvalue weighted by molar-refractivity contribution is 7.91. The first-order valence-electron chi connectivity index (χ1n) is 9.31. The average molecular weight is 345 g/mol. The third kappa shape index (κ3) is 5.66. The second-order valence-electron chi connectivity index (χ2n) is 7.08. The van der Waals surface area contributed by atoms with Crippen molar-refractivity contribution in [1.29, 1.82) is 0 Å². The fraction of sp³-hybridized carbons (Fsp3) is 0.941. The van der Waals surface area contributed by atoms with E-state index in [-0.39, 0.29) is 29.6 Å². The third-order valence-corrected chi connectivity index (χ3v) is 6.76. The number of carbonyl (C=O) groups excluding carboxylic acids is 1. The zero-order valence-electron chi connectivity index (χ0n) is 14.4. The van der Waals surface area contributed by atoms with Crippen molar-refractivity contribution in [2.45, 2.75) is 83.2 Å². The standard InChI is InChI=1S/C17H32N2O3S/c1-2-3-4-5-6-7-8-9-10-11-12-19-16-14-23(21,22)13-15(16)18-17(19)20/h15-16H,2-14H2,1H3,(H,18,20)/t15-,16-/m0/s1. The summed E-state index contributed by atoms with van der Waals surface area (Å²) in [6.45, 7) is 2.93. The van der Waals surface area contributed by atoms with Gasteiger partial charge in [0.15, 0.2) is 9.84 Å². The van der Waals surface area contributed by atoms with E-state index in [1.165, 1.54) is 51.4 Å². The second-order valence-corrected chi connectivity index (χ2v) is 9.23.